The highest BCUT2D eigenvalue weighted by atomic mass is 16.5. The standard InChI is InChI=1S/C24H27N3O3/c1-15-13-24(2,3)27(4)19-10-9-16(11-18(15)19)14-25-26-23(28)21-12-17-7-6-8-20(29-5)22(17)30-21/h6-12,14-15H,13H2,1-5H3,(H,26,28)/b25-14-/t15-/m1/s1. The van der Waals surface area contributed by atoms with Crippen molar-refractivity contribution >= 4 is 28.8 Å². The van der Waals surface area contributed by atoms with Gasteiger partial charge in [-0.25, -0.2) is 5.43 Å². The molecule has 0 bridgehead atoms. The van der Waals surface area contributed by atoms with Crippen molar-refractivity contribution in [2.24, 2.45) is 5.10 Å². The van der Waals surface area contributed by atoms with E-state index in [2.05, 4.69) is 55.4 Å². The maximum Gasteiger partial charge on any atom is 0.307 e. The van der Waals surface area contributed by atoms with Crippen molar-refractivity contribution in [3.63, 3.8) is 0 Å². The van der Waals surface area contributed by atoms with Crippen LogP contribution < -0.4 is 15.1 Å². The maximum absolute atomic E-state index is 12.4. The molecule has 2 aromatic carbocycles. The number of hydrazone groups is 1. The minimum absolute atomic E-state index is 0.130. The number of hydrogen-bond acceptors (Lipinski definition) is 5. The second-order valence-corrected chi connectivity index (χ2v) is 8.48. The van der Waals surface area contributed by atoms with Gasteiger partial charge in [-0.15, -0.1) is 0 Å². The Labute approximate surface area is 176 Å². The minimum atomic E-state index is -0.405. The Bertz CT molecular complexity index is 1130. The first-order valence-corrected chi connectivity index (χ1v) is 10.1. The van der Waals surface area contributed by atoms with E-state index < -0.39 is 5.91 Å². The molecular weight excluding hydrogens is 378 g/mol. The molecule has 0 fully saturated rings. The van der Waals surface area contributed by atoms with Gasteiger partial charge in [0.25, 0.3) is 0 Å². The van der Waals surface area contributed by atoms with Crippen LogP contribution in [0.2, 0.25) is 0 Å². The normalized spacial score (nSPS) is 17.9. The van der Waals surface area contributed by atoms with Crippen LogP contribution >= 0.6 is 0 Å². The second-order valence-electron chi connectivity index (χ2n) is 8.48. The van der Waals surface area contributed by atoms with E-state index in [0.29, 0.717) is 17.3 Å². The number of rotatable bonds is 4. The van der Waals surface area contributed by atoms with E-state index in [1.54, 1.807) is 25.5 Å². The molecule has 1 aliphatic rings. The van der Waals surface area contributed by atoms with Gasteiger partial charge in [0.2, 0.25) is 0 Å². The number of furan rings is 1. The number of nitrogens with zero attached hydrogens (tertiary/aromatic N) is 2. The predicted molar refractivity (Wildman–Crippen MR) is 120 cm³/mol. The number of nitrogens with one attached hydrogen (secondary N) is 1. The third kappa shape index (κ3) is 3.54. The van der Waals surface area contributed by atoms with Crippen LogP contribution in [0.3, 0.4) is 0 Å². The van der Waals surface area contributed by atoms with E-state index >= 15 is 0 Å². The summed E-state index contributed by atoms with van der Waals surface area (Å²) < 4.78 is 10.9. The summed E-state index contributed by atoms with van der Waals surface area (Å²) in [5.41, 5.74) is 6.71. The van der Waals surface area contributed by atoms with Crippen molar-refractivity contribution in [1.82, 2.24) is 5.43 Å². The second kappa shape index (κ2) is 7.52. The van der Waals surface area contributed by atoms with Gasteiger partial charge in [0.05, 0.1) is 13.3 Å². The van der Waals surface area contributed by atoms with Crippen molar-refractivity contribution in [1.29, 1.82) is 0 Å². The molecule has 1 N–H and O–H groups in total. The van der Waals surface area contributed by atoms with E-state index in [0.717, 1.165) is 17.4 Å². The van der Waals surface area contributed by atoms with Gasteiger partial charge in [-0.3, -0.25) is 4.79 Å². The van der Waals surface area contributed by atoms with Crippen LogP contribution in [0, 0.1) is 0 Å². The highest BCUT2D eigenvalue weighted by Gasteiger charge is 2.33. The highest BCUT2D eigenvalue weighted by molar-refractivity contribution is 5.97. The zero-order valence-electron chi connectivity index (χ0n) is 18.0. The number of para-hydroxylation sites is 1. The number of carbonyl (C=O) groups is 1. The molecule has 0 saturated carbocycles. The molecule has 6 heteroatoms. The van der Waals surface area contributed by atoms with Gasteiger partial charge < -0.3 is 14.1 Å². The van der Waals surface area contributed by atoms with Crippen molar-refractivity contribution < 1.29 is 13.9 Å². The van der Waals surface area contributed by atoms with E-state index in [9.17, 15) is 4.79 Å². The lowest BCUT2D eigenvalue weighted by Gasteiger charge is -2.45. The lowest BCUT2D eigenvalue weighted by atomic mass is 9.80. The molecule has 0 saturated heterocycles. The number of ether oxygens (including phenoxy) is 1. The maximum atomic E-state index is 12.4. The molecule has 0 unspecified atom stereocenters. The van der Waals surface area contributed by atoms with Crippen LogP contribution in [0.5, 0.6) is 5.75 Å². The summed E-state index contributed by atoms with van der Waals surface area (Å²) in [6.07, 6.45) is 2.75. The third-order valence-corrected chi connectivity index (χ3v) is 5.99. The summed E-state index contributed by atoms with van der Waals surface area (Å²) in [5.74, 6) is 0.831. The first kappa shape index (κ1) is 20.0. The number of benzene rings is 2. The Hall–Kier alpha value is -3.28. The molecule has 1 atom stereocenters. The fraction of sp³-hybridized carbons (Fsp3) is 0.333. The smallest absolute Gasteiger partial charge is 0.307 e. The van der Waals surface area contributed by atoms with Crippen molar-refractivity contribution in [2.75, 3.05) is 19.1 Å². The van der Waals surface area contributed by atoms with Gasteiger partial charge >= 0.3 is 5.91 Å². The van der Waals surface area contributed by atoms with Gasteiger partial charge in [-0.1, -0.05) is 25.1 Å². The van der Waals surface area contributed by atoms with Gasteiger partial charge in [0, 0.05) is 23.7 Å². The molecule has 3 aromatic rings. The Balaban J connectivity index is 1.50. The van der Waals surface area contributed by atoms with Crippen molar-refractivity contribution in [2.45, 2.75) is 38.6 Å². The summed E-state index contributed by atoms with van der Waals surface area (Å²) in [4.78, 5) is 14.8. The summed E-state index contributed by atoms with van der Waals surface area (Å²) in [7, 11) is 3.71. The number of fused-ring (bicyclic) bond motifs is 2. The fourth-order valence-electron chi connectivity index (χ4n) is 4.21. The average molecular weight is 405 g/mol. The van der Waals surface area contributed by atoms with Crippen molar-refractivity contribution in [3.05, 3.63) is 59.4 Å². The molecule has 0 aliphatic carbocycles. The lowest BCUT2D eigenvalue weighted by Crippen LogP contribution is -2.45. The first-order valence-electron chi connectivity index (χ1n) is 10.1. The number of methoxy groups -OCH3 is 1. The van der Waals surface area contributed by atoms with Gasteiger partial charge in [0.15, 0.2) is 17.1 Å². The monoisotopic (exact) mass is 405 g/mol. The highest BCUT2D eigenvalue weighted by Crippen LogP contribution is 2.42. The molecule has 2 heterocycles. The molecule has 0 spiro atoms. The van der Waals surface area contributed by atoms with Crippen LogP contribution in [-0.2, 0) is 0 Å². The van der Waals surface area contributed by atoms with E-state index in [4.69, 9.17) is 9.15 Å². The third-order valence-electron chi connectivity index (χ3n) is 5.99. The zero-order chi connectivity index (χ0) is 21.5. The molecule has 1 aliphatic heterocycles. The lowest BCUT2D eigenvalue weighted by molar-refractivity contribution is 0.0929. The van der Waals surface area contributed by atoms with E-state index in [1.165, 1.54) is 11.3 Å². The van der Waals surface area contributed by atoms with Crippen molar-refractivity contribution in [3.8, 4) is 5.75 Å². The van der Waals surface area contributed by atoms with E-state index in [-0.39, 0.29) is 11.3 Å². The van der Waals surface area contributed by atoms with Gasteiger partial charge in [0.1, 0.15) is 0 Å². The fourth-order valence-corrected chi connectivity index (χ4v) is 4.21. The van der Waals surface area contributed by atoms with Crippen LogP contribution in [0.1, 0.15) is 54.8 Å². The molecule has 6 nitrogen and oxygen atoms in total. The summed E-state index contributed by atoms with van der Waals surface area (Å²) >= 11 is 0. The molecule has 4 rings (SSSR count). The van der Waals surface area contributed by atoms with Crippen LogP contribution in [-0.4, -0.2) is 31.8 Å². The number of anilines is 1. The summed E-state index contributed by atoms with van der Waals surface area (Å²) in [6, 6.07) is 13.5. The topological polar surface area (TPSA) is 67.1 Å². The van der Waals surface area contributed by atoms with Gasteiger partial charge in [-0.2, -0.15) is 5.10 Å². The molecule has 30 heavy (non-hydrogen) atoms. The number of carbonyl (C=O) groups excluding carboxylic acids is 1. The Morgan fingerprint density at radius 2 is 2.10 bits per heavy atom. The predicted octanol–water partition coefficient (Wildman–Crippen LogP) is 4.93. The largest absolute Gasteiger partial charge is 0.493 e. The number of amides is 1. The van der Waals surface area contributed by atoms with E-state index in [1.807, 2.05) is 18.2 Å². The summed E-state index contributed by atoms with van der Waals surface area (Å²) in [6.45, 7) is 6.79. The van der Waals surface area contributed by atoms with Crippen LogP contribution in [0.4, 0.5) is 5.69 Å². The Morgan fingerprint density at radius 1 is 1.30 bits per heavy atom. The quantitative estimate of drug-likeness (QED) is 0.494. The summed E-state index contributed by atoms with van der Waals surface area (Å²) in [5, 5.41) is 4.93. The first-order chi connectivity index (χ1) is 14.3. The minimum Gasteiger partial charge on any atom is -0.493 e. The Kier molecular flexibility index (Phi) is 5.02. The SMILES string of the molecule is COc1cccc2cc(C(=O)N/N=C\c3ccc4c(c3)[C@H](C)CC(C)(C)N4C)oc12. The molecule has 1 aromatic heterocycles. The van der Waals surface area contributed by atoms with Crippen LogP contribution in [0.25, 0.3) is 11.0 Å². The molecule has 156 valence electrons. The van der Waals surface area contributed by atoms with Crippen LogP contribution in [0.15, 0.2) is 52.0 Å². The Morgan fingerprint density at radius 3 is 2.87 bits per heavy atom. The number of hydrogen-bond donors (Lipinski definition) is 1. The molecule has 1 amide bonds. The average Bonchev–Trinajstić information content (AvgIpc) is 3.16. The van der Waals surface area contributed by atoms with Gasteiger partial charge in [-0.05, 0) is 61.6 Å². The molecular formula is C24H27N3O3. The molecule has 0 radical (unpaired) electrons. The zero-order valence-corrected chi connectivity index (χ0v) is 18.0.